The topological polar surface area (TPSA) is 49.3 Å². The summed E-state index contributed by atoms with van der Waals surface area (Å²) < 4.78 is 13.8. The maximum Gasteiger partial charge on any atom is 0.337 e. The molecule has 3 nitrogen and oxygen atoms in total. The van der Waals surface area contributed by atoms with Crippen LogP contribution in [0.15, 0.2) is 18.2 Å². The summed E-state index contributed by atoms with van der Waals surface area (Å²) in [6.07, 6.45) is 3.10. The van der Waals surface area contributed by atoms with Crippen molar-refractivity contribution in [3.63, 3.8) is 0 Å². The fraction of sp³-hybridized carbons (Fsp3) is 0.500. The number of aromatic carboxylic acids is 1. The molecule has 18 heavy (non-hydrogen) atoms. The van der Waals surface area contributed by atoms with Gasteiger partial charge >= 0.3 is 5.97 Å². The van der Waals surface area contributed by atoms with E-state index in [0.29, 0.717) is 0 Å². The van der Waals surface area contributed by atoms with Crippen molar-refractivity contribution < 1.29 is 14.3 Å². The number of rotatable bonds is 3. The Labute approximate surface area is 106 Å². The van der Waals surface area contributed by atoms with Crippen LogP contribution in [0.25, 0.3) is 0 Å². The Morgan fingerprint density at radius 1 is 1.50 bits per heavy atom. The van der Waals surface area contributed by atoms with Gasteiger partial charge in [0.2, 0.25) is 0 Å². The van der Waals surface area contributed by atoms with Gasteiger partial charge in [-0.05, 0) is 30.4 Å². The Hall–Kier alpha value is -1.58. The summed E-state index contributed by atoms with van der Waals surface area (Å²) in [6, 6.07) is 4.25. The smallest absolute Gasteiger partial charge is 0.337 e. The second-order valence-electron chi connectivity index (χ2n) is 5.55. The standard InChI is InChI=1S/C14H18FNO2/c1-14(2)8-4-7-11(14)16-12-9(13(17)18)5-3-6-10(12)15/h3,5-6,11,16H,4,7-8H2,1-2H3,(H,17,18). The molecule has 0 radical (unpaired) electrons. The first-order chi connectivity index (χ1) is 8.42. The van der Waals surface area contributed by atoms with Crippen molar-refractivity contribution in [2.75, 3.05) is 5.32 Å². The lowest BCUT2D eigenvalue weighted by molar-refractivity contribution is 0.0697. The van der Waals surface area contributed by atoms with Crippen molar-refractivity contribution in [2.24, 2.45) is 5.41 Å². The van der Waals surface area contributed by atoms with Crippen molar-refractivity contribution in [3.8, 4) is 0 Å². The Morgan fingerprint density at radius 2 is 2.22 bits per heavy atom. The molecule has 0 bridgehead atoms. The van der Waals surface area contributed by atoms with Crippen LogP contribution in [0.5, 0.6) is 0 Å². The number of hydrogen-bond donors (Lipinski definition) is 2. The first-order valence-corrected chi connectivity index (χ1v) is 6.20. The van der Waals surface area contributed by atoms with E-state index in [9.17, 15) is 9.18 Å². The number of anilines is 1. The highest BCUT2D eigenvalue weighted by atomic mass is 19.1. The van der Waals surface area contributed by atoms with Gasteiger partial charge < -0.3 is 10.4 Å². The number of benzene rings is 1. The number of halogens is 1. The van der Waals surface area contributed by atoms with Gasteiger partial charge in [0, 0.05) is 6.04 Å². The Morgan fingerprint density at radius 3 is 2.78 bits per heavy atom. The number of carboxylic acids is 1. The lowest BCUT2D eigenvalue weighted by Gasteiger charge is -2.29. The third-order valence-corrected chi connectivity index (χ3v) is 3.82. The fourth-order valence-corrected chi connectivity index (χ4v) is 2.62. The molecule has 2 rings (SSSR count). The molecule has 1 saturated carbocycles. The molecular weight excluding hydrogens is 233 g/mol. The average molecular weight is 251 g/mol. The van der Waals surface area contributed by atoms with E-state index in [0.717, 1.165) is 19.3 Å². The van der Waals surface area contributed by atoms with E-state index in [1.165, 1.54) is 18.2 Å². The maximum absolute atomic E-state index is 13.8. The summed E-state index contributed by atoms with van der Waals surface area (Å²) in [4.78, 5) is 11.1. The molecule has 0 aliphatic heterocycles. The van der Waals surface area contributed by atoms with Gasteiger partial charge in [-0.3, -0.25) is 0 Å². The predicted molar refractivity (Wildman–Crippen MR) is 68.4 cm³/mol. The highest BCUT2D eigenvalue weighted by molar-refractivity contribution is 5.94. The molecule has 0 aromatic heterocycles. The van der Waals surface area contributed by atoms with E-state index in [2.05, 4.69) is 19.2 Å². The molecule has 4 heteroatoms. The van der Waals surface area contributed by atoms with E-state index in [4.69, 9.17) is 5.11 Å². The normalized spacial score (nSPS) is 21.8. The molecule has 1 aliphatic carbocycles. The number of carboxylic acid groups (broad SMARTS) is 1. The van der Waals surface area contributed by atoms with Crippen LogP contribution in [0, 0.1) is 11.2 Å². The second kappa shape index (κ2) is 4.59. The summed E-state index contributed by atoms with van der Waals surface area (Å²) in [5, 5.41) is 12.2. The lowest BCUT2D eigenvalue weighted by Crippen LogP contribution is -2.31. The molecule has 2 N–H and O–H groups in total. The minimum atomic E-state index is -1.10. The molecule has 0 heterocycles. The molecule has 1 aromatic rings. The van der Waals surface area contributed by atoms with Crippen LogP contribution in [0.3, 0.4) is 0 Å². The van der Waals surface area contributed by atoms with Crippen LogP contribution in [-0.2, 0) is 0 Å². The summed E-state index contributed by atoms with van der Waals surface area (Å²) in [7, 11) is 0. The molecule has 1 unspecified atom stereocenters. The van der Waals surface area contributed by atoms with Gasteiger partial charge in [0.05, 0.1) is 11.3 Å². The molecule has 0 saturated heterocycles. The summed E-state index contributed by atoms with van der Waals surface area (Å²) >= 11 is 0. The van der Waals surface area contributed by atoms with E-state index < -0.39 is 11.8 Å². The first kappa shape index (κ1) is 12.9. The average Bonchev–Trinajstić information content (AvgIpc) is 2.60. The minimum Gasteiger partial charge on any atom is -0.478 e. The zero-order chi connectivity index (χ0) is 13.3. The van der Waals surface area contributed by atoms with Gasteiger partial charge in [0.25, 0.3) is 0 Å². The summed E-state index contributed by atoms with van der Waals surface area (Å²) in [5.41, 5.74) is 0.181. The summed E-state index contributed by atoms with van der Waals surface area (Å²) in [5.74, 6) is -1.61. The molecule has 1 atom stereocenters. The van der Waals surface area contributed by atoms with E-state index in [1.807, 2.05) is 0 Å². The SMILES string of the molecule is CC1(C)CCCC1Nc1c(F)cccc1C(=O)O. The van der Waals surface area contributed by atoms with Gasteiger partial charge in [0.15, 0.2) is 0 Å². The number of para-hydroxylation sites is 1. The van der Waals surface area contributed by atoms with Gasteiger partial charge in [-0.15, -0.1) is 0 Å². The summed E-state index contributed by atoms with van der Waals surface area (Å²) in [6.45, 7) is 4.25. The minimum absolute atomic E-state index is 0.00213. The number of carbonyl (C=O) groups is 1. The van der Waals surface area contributed by atoms with Gasteiger partial charge in [-0.25, -0.2) is 9.18 Å². The highest BCUT2D eigenvalue weighted by Gasteiger charge is 2.35. The van der Waals surface area contributed by atoms with E-state index in [1.54, 1.807) is 0 Å². The van der Waals surface area contributed by atoms with Crippen LogP contribution in [0.1, 0.15) is 43.5 Å². The Balaban J connectivity index is 2.31. The van der Waals surface area contributed by atoms with Crippen molar-refractivity contribution in [3.05, 3.63) is 29.6 Å². The van der Waals surface area contributed by atoms with E-state index in [-0.39, 0.29) is 22.7 Å². The monoisotopic (exact) mass is 251 g/mol. The molecule has 1 aromatic carbocycles. The van der Waals surface area contributed by atoms with Crippen LogP contribution < -0.4 is 5.32 Å². The fourth-order valence-electron chi connectivity index (χ4n) is 2.62. The number of hydrogen-bond acceptors (Lipinski definition) is 2. The van der Waals surface area contributed by atoms with Crippen LogP contribution >= 0.6 is 0 Å². The molecule has 1 fully saturated rings. The van der Waals surface area contributed by atoms with Gasteiger partial charge in [-0.2, -0.15) is 0 Å². The first-order valence-electron chi connectivity index (χ1n) is 6.20. The van der Waals surface area contributed by atoms with Crippen molar-refractivity contribution in [1.29, 1.82) is 0 Å². The Kier molecular flexibility index (Phi) is 3.28. The third-order valence-electron chi connectivity index (χ3n) is 3.82. The highest BCUT2D eigenvalue weighted by Crippen LogP contribution is 2.39. The zero-order valence-electron chi connectivity index (χ0n) is 10.7. The maximum atomic E-state index is 13.8. The van der Waals surface area contributed by atoms with E-state index >= 15 is 0 Å². The molecule has 0 amide bonds. The van der Waals surface area contributed by atoms with Crippen molar-refractivity contribution in [2.45, 2.75) is 39.2 Å². The van der Waals surface area contributed by atoms with Gasteiger partial charge in [0.1, 0.15) is 5.82 Å². The van der Waals surface area contributed by atoms with Crippen LogP contribution in [0.4, 0.5) is 10.1 Å². The van der Waals surface area contributed by atoms with Crippen LogP contribution in [0.2, 0.25) is 0 Å². The van der Waals surface area contributed by atoms with Crippen molar-refractivity contribution in [1.82, 2.24) is 0 Å². The quantitative estimate of drug-likeness (QED) is 0.864. The molecule has 98 valence electrons. The molecule has 1 aliphatic rings. The number of nitrogens with one attached hydrogen (secondary N) is 1. The van der Waals surface area contributed by atoms with Crippen molar-refractivity contribution >= 4 is 11.7 Å². The second-order valence-corrected chi connectivity index (χ2v) is 5.55. The van der Waals surface area contributed by atoms with Crippen LogP contribution in [-0.4, -0.2) is 17.1 Å². The lowest BCUT2D eigenvalue weighted by atomic mass is 9.87. The Bertz CT molecular complexity index is 471. The predicted octanol–water partition coefficient (Wildman–Crippen LogP) is 3.51. The largest absolute Gasteiger partial charge is 0.478 e. The molecule has 0 spiro atoms. The van der Waals surface area contributed by atoms with Gasteiger partial charge in [-0.1, -0.05) is 26.3 Å². The zero-order valence-corrected chi connectivity index (χ0v) is 10.7. The third kappa shape index (κ3) is 2.33. The molecular formula is C14H18FNO2.